The van der Waals surface area contributed by atoms with Crippen molar-refractivity contribution in [3.05, 3.63) is 119 Å². The predicted octanol–water partition coefficient (Wildman–Crippen LogP) is 9.69. The Kier molecular flexibility index (Phi) is 24.2. The molecule has 17 heteroatoms. The molecule has 0 radical (unpaired) electrons. The lowest BCUT2D eigenvalue weighted by Gasteiger charge is -2.45. The smallest absolute Gasteiger partial charge is 0.329 e. The van der Waals surface area contributed by atoms with Gasteiger partial charge in [-0.05, 0) is 114 Å². The van der Waals surface area contributed by atoms with Gasteiger partial charge in [0, 0.05) is 69.6 Å². The Hall–Kier alpha value is -5.50. The van der Waals surface area contributed by atoms with Crippen molar-refractivity contribution in [2.45, 2.75) is 193 Å². The monoisotopic (exact) mass is 1190 g/mol. The summed E-state index contributed by atoms with van der Waals surface area (Å²) in [5.74, 6) is -10.2. The third kappa shape index (κ3) is 16.2. The van der Waals surface area contributed by atoms with Crippen molar-refractivity contribution >= 4 is 35.2 Å². The fourth-order valence-electron chi connectivity index (χ4n) is 13.1. The van der Waals surface area contributed by atoms with E-state index < -0.39 is 113 Å². The maximum atomic E-state index is 14.8. The molecule has 2 aromatic rings. The first-order chi connectivity index (χ1) is 41.0. The Morgan fingerprint density at radius 3 is 2.06 bits per heavy atom. The zero-order valence-corrected chi connectivity index (χ0v) is 52.5. The summed E-state index contributed by atoms with van der Waals surface area (Å²) in [7, 11) is 4.53. The van der Waals surface area contributed by atoms with Crippen LogP contribution in [0.3, 0.4) is 0 Å². The van der Waals surface area contributed by atoms with Crippen LogP contribution in [0.15, 0.2) is 108 Å². The summed E-state index contributed by atoms with van der Waals surface area (Å²) >= 11 is 0. The second-order valence-electron chi connectivity index (χ2n) is 25.5. The first-order valence-corrected chi connectivity index (χ1v) is 31.1. The molecule has 17 nitrogen and oxygen atoms in total. The number of hydrogen-bond acceptors (Lipinski definition) is 16. The van der Waals surface area contributed by atoms with E-state index in [1.54, 1.807) is 48.0 Å². The number of benzene rings is 2. The van der Waals surface area contributed by atoms with Crippen LogP contribution in [0.2, 0.25) is 0 Å². The summed E-state index contributed by atoms with van der Waals surface area (Å²) in [4.78, 5) is 87.5. The second-order valence-corrected chi connectivity index (χ2v) is 25.5. The number of ketones is 3. The zero-order valence-electron chi connectivity index (χ0n) is 52.5. The van der Waals surface area contributed by atoms with Crippen molar-refractivity contribution in [3.63, 3.8) is 0 Å². The van der Waals surface area contributed by atoms with Gasteiger partial charge >= 0.3 is 11.9 Å². The number of ether oxygens (including phenoxy) is 8. The molecule has 1 saturated carbocycles. The van der Waals surface area contributed by atoms with Gasteiger partial charge < -0.3 is 53.0 Å². The topological polar surface area (TPSA) is 220 Å². The third-order valence-corrected chi connectivity index (χ3v) is 18.7. The van der Waals surface area contributed by atoms with Gasteiger partial charge in [0.25, 0.3) is 11.7 Å². The van der Waals surface area contributed by atoms with Crippen molar-refractivity contribution in [1.82, 2.24) is 4.90 Å². The number of rotatable bonds is 10. The van der Waals surface area contributed by atoms with Crippen molar-refractivity contribution in [2.75, 3.05) is 41.1 Å². The molecule has 7 rings (SSSR count). The van der Waals surface area contributed by atoms with Gasteiger partial charge in [0.15, 0.2) is 5.78 Å². The van der Waals surface area contributed by atoms with Crippen LogP contribution in [0.4, 0.5) is 0 Å². The normalized spacial score (nSPS) is 35.6. The quantitative estimate of drug-likeness (QED) is 0.128. The highest BCUT2D eigenvalue weighted by Gasteiger charge is 2.54. The highest BCUT2D eigenvalue weighted by Crippen LogP contribution is 2.44. The Labute approximate surface area is 509 Å². The molecule has 4 heterocycles. The van der Waals surface area contributed by atoms with E-state index in [1.807, 2.05) is 119 Å². The van der Waals surface area contributed by atoms with Crippen LogP contribution >= 0.6 is 0 Å². The van der Waals surface area contributed by atoms with Crippen molar-refractivity contribution in [2.24, 2.45) is 40.9 Å². The molecular weight excluding hydrogens is 1100 g/mol. The summed E-state index contributed by atoms with van der Waals surface area (Å²) in [6.45, 7) is 14.5. The number of Topliss-reactive ketones (excluding diaryl/α,β-unsaturated/α-hetero) is 3. The third-order valence-electron chi connectivity index (χ3n) is 18.7. The molecule has 1 amide bonds. The molecule has 1 aliphatic carbocycles. The van der Waals surface area contributed by atoms with Gasteiger partial charge in [-0.15, -0.1) is 0 Å². The molecule has 5 aliphatic rings. The number of allylic oxidation sites excluding steroid dienone is 6. The fraction of sp³-hybridized carbons (Fsp3) is 0.623. The van der Waals surface area contributed by atoms with E-state index in [9.17, 15) is 39.0 Å². The number of hydrogen-bond donors (Lipinski definition) is 2. The minimum Gasteiger partial charge on any atom is -0.460 e. The Bertz CT molecular complexity index is 2710. The van der Waals surface area contributed by atoms with Crippen LogP contribution < -0.4 is 0 Å². The van der Waals surface area contributed by atoms with Gasteiger partial charge in [-0.2, -0.15) is 0 Å². The van der Waals surface area contributed by atoms with Gasteiger partial charge in [0.1, 0.15) is 41.7 Å². The molecule has 3 saturated heterocycles. The predicted molar refractivity (Wildman–Crippen MR) is 323 cm³/mol. The molecule has 4 fully saturated rings. The Balaban J connectivity index is 1.11. The van der Waals surface area contributed by atoms with Gasteiger partial charge in [0.2, 0.25) is 11.6 Å². The molecule has 2 aromatic carbocycles. The molecule has 0 aromatic heterocycles. The molecule has 2 N–H and O–H groups in total. The lowest BCUT2D eigenvalue weighted by molar-refractivity contribution is -0.288. The number of aliphatic hydroxyl groups is 2. The van der Waals surface area contributed by atoms with E-state index in [1.165, 1.54) is 12.0 Å². The SMILES string of the molecule is CO[C@H]1C[C@@H]2CC[C@@H](C)[C@@](O)(O2)C(=O)C(=O)N2CCCC[C@H]2C(=O)O[C@H]([C@H](C)C[C@@H]2CC[C@@H](OC(=O)C3(C)COC(c4ccccc4)(c4ccccc4)OC3)[C@H](OC)C2)CC(=O)[C@H](C)/C=C(\C)[C@@H](O)[C@@H](OC)C(=O)[C@H](C)C[C@H](C)/C=C/C=C/C=C/1C. The van der Waals surface area contributed by atoms with Crippen molar-refractivity contribution in [1.29, 1.82) is 0 Å². The summed E-state index contributed by atoms with van der Waals surface area (Å²) in [6, 6.07) is 18.0. The number of nitrogens with zero attached hydrogens (tertiary/aromatic N) is 1. The van der Waals surface area contributed by atoms with E-state index in [4.69, 9.17) is 37.9 Å². The van der Waals surface area contributed by atoms with Crippen LogP contribution in [0.25, 0.3) is 0 Å². The van der Waals surface area contributed by atoms with Gasteiger partial charge in [-0.1, -0.05) is 132 Å². The first-order valence-electron chi connectivity index (χ1n) is 31.1. The van der Waals surface area contributed by atoms with E-state index >= 15 is 0 Å². The average Bonchev–Trinajstić information content (AvgIpc) is 0.886. The number of fused-ring (bicyclic) bond motifs is 3. The lowest BCUT2D eigenvalue weighted by Crippen LogP contribution is -2.61. The lowest BCUT2D eigenvalue weighted by atomic mass is 9.78. The van der Waals surface area contributed by atoms with E-state index in [-0.39, 0.29) is 56.0 Å². The Morgan fingerprint density at radius 2 is 1.43 bits per heavy atom. The number of aliphatic hydroxyl groups excluding tert-OH is 1. The van der Waals surface area contributed by atoms with Crippen molar-refractivity contribution in [3.8, 4) is 0 Å². The number of esters is 2. The average molecular weight is 1190 g/mol. The zero-order chi connectivity index (χ0) is 62.5. The fourth-order valence-corrected chi connectivity index (χ4v) is 13.1. The summed E-state index contributed by atoms with van der Waals surface area (Å²) in [5.41, 5.74) is 1.69. The number of carbonyl (C=O) groups excluding carboxylic acids is 6. The maximum Gasteiger partial charge on any atom is 0.329 e. The van der Waals surface area contributed by atoms with Crippen LogP contribution in [-0.4, -0.2) is 146 Å². The first kappa shape index (κ1) is 68.0. The van der Waals surface area contributed by atoms with Gasteiger partial charge in [0.05, 0.1) is 31.5 Å². The van der Waals surface area contributed by atoms with Crippen molar-refractivity contribution < 1.29 is 76.9 Å². The number of cyclic esters (lactones) is 1. The van der Waals surface area contributed by atoms with Crippen LogP contribution in [0.1, 0.15) is 144 Å². The highest BCUT2D eigenvalue weighted by molar-refractivity contribution is 6.39. The number of methoxy groups -OCH3 is 3. The van der Waals surface area contributed by atoms with Crippen LogP contribution in [0.5, 0.6) is 0 Å². The van der Waals surface area contributed by atoms with E-state index in [0.717, 1.165) is 16.7 Å². The standard InChI is InChI=1S/C69H95NO16/c1-43-23-15-12-16-24-44(2)57(79-9)39-53-32-30-49(7)68(78,86-53)63(74)64(75)70-34-22-21-29-54(70)65(76)84-58(40-55(71)45(3)36-48(6)61(73)62(81-11)60(72)47(5)35-43)46(4)37-50-31-33-56(59(38-50)80-10)85-66(77)67(8)41-82-69(83-42-67,51-25-17-13-18-26-51)52-27-19-14-20-28-52/h12-20,23-28,36,43,45-47,49-50,53-54,56-59,61-62,73,78H,21-22,29-35,37-42H2,1-11H3/b16-12+,23-15+,44-24+,48-36+/t43-,45-,46-,47-,49-,50+,53+,54+,56-,57+,58+,59-,61-,62+,68-/m1/s1. The molecule has 472 valence electrons. The largest absolute Gasteiger partial charge is 0.460 e. The number of amides is 1. The van der Waals surface area contributed by atoms with Gasteiger partial charge in [-0.25, -0.2) is 4.79 Å². The minimum absolute atomic E-state index is 0.00774. The highest BCUT2D eigenvalue weighted by atomic mass is 16.7. The molecule has 0 spiro atoms. The molecule has 15 atom stereocenters. The summed E-state index contributed by atoms with van der Waals surface area (Å²) < 4.78 is 49.6. The van der Waals surface area contributed by atoms with Gasteiger partial charge in [-0.3, -0.25) is 24.0 Å². The number of piperidine rings is 1. The molecule has 86 heavy (non-hydrogen) atoms. The molecule has 0 unspecified atom stereocenters. The minimum atomic E-state index is -2.47. The molecule has 4 aliphatic heterocycles. The summed E-state index contributed by atoms with van der Waals surface area (Å²) in [5, 5.41) is 23.7. The molecule has 2 bridgehead atoms. The van der Waals surface area contributed by atoms with Crippen LogP contribution in [-0.2, 0) is 72.4 Å². The number of carbonyl (C=O) groups is 6. The maximum absolute atomic E-state index is 14.8. The Morgan fingerprint density at radius 1 is 0.767 bits per heavy atom. The molecular formula is C69H95NO16. The van der Waals surface area contributed by atoms with E-state index in [0.29, 0.717) is 69.8 Å². The summed E-state index contributed by atoms with van der Waals surface area (Å²) in [6.07, 6.45) is 10.1. The van der Waals surface area contributed by atoms with Crippen LogP contribution in [0, 0.1) is 40.9 Å². The van der Waals surface area contributed by atoms with E-state index in [2.05, 4.69) is 0 Å². The second kappa shape index (κ2) is 30.6.